The molecule has 3 nitrogen and oxygen atoms in total. The van der Waals surface area contributed by atoms with Gasteiger partial charge in [0.25, 0.3) is 0 Å². The van der Waals surface area contributed by atoms with Gasteiger partial charge in [-0.05, 0) is 18.3 Å². The molecule has 0 spiro atoms. The van der Waals surface area contributed by atoms with Crippen molar-refractivity contribution >= 4 is 5.91 Å². The molecule has 1 aliphatic rings. The van der Waals surface area contributed by atoms with Crippen LogP contribution >= 0.6 is 0 Å². The Morgan fingerprint density at radius 1 is 1.57 bits per heavy atom. The fourth-order valence-corrected chi connectivity index (χ4v) is 1.53. The second-order valence-electron chi connectivity index (χ2n) is 4.78. The van der Waals surface area contributed by atoms with E-state index in [0.717, 1.165) is 18.4 Å². The molecular weight excluding hydrogens is 176 g/mol. The zero-order chi connectivity index (χ0) is 10.7. The normalized spacial score (nSPS) is 25.2. The molecule has 0 saturated heterocycles. The number of amides is 1. The molecule has 1 amide bonds. The summed E-state index contributed by atoms with van der Waals surface area (Å²) in [6.45, 7) is 7.75. The summed E-state index contributed by atoms with van der Waals surface area (Å²) < 4.78 is 0. The zero-order valence-corrected chi connectivity index (χ0v) is 9.71. The molecule has 0 bridgehead atoms. The highest BCUT2D eigenvalue weighted by Gasteiger charge is 2.33. The lowest BCUT2D eigenvalue weighted by Gasteiger charge is -2.18. The van der Waals surface area contributed by atoms with Gasteiger partial charge in [-0.3, -0.25) is 4.79 Å². The van der Waals surface area contributed by atoms with Crippen LogP contribution in [0.25, 0.3) is 0 Å². The Hall–Kier alpha value is -0.570. The minimum absolute atomic E-state index is 0.206. The number of hydrogen-bond donors (Lipinski definition) is 1. The number of nitrogens with zero attached hydrogens (tertiary/aromatic N) is 1. The first kappa shape index (κ1) is 11.5. The fourth-order valence-electron chi connectivity index (χ4n) is 1.53. The lowest BCUT2D eigenvalue weighted by molar-refractivity contribution is -0.129. The van der Waals surface area contributed by atoms with Crippen LogP contribution in [0.5, 0.6) is 0 Å². The Bertz CT molecular complexity index is 203. The minimum atomic E-state index is 0.206. The molecule has 2 unspecified atom stereocenters. The molecule has 82 valence electrons. The van der Waals surface area contributed by atoms with Gasteiger partial charge in [0.15, 0.2) is 0 Å². The van der Waals surface area contributed by atoms with Crippen molar-refractivity contribution in [3.05, 3.63) is 0 Å². The third kappa shape index (κ3) is 3.66. The Morgan fingerprint density at radius 2 is 2.14 bits per heavy atom. The molecule has 0 aromatic heterocycles. The van der Waals surface area contributed by atoms with E-state index in [2.05, 4.69) is 26.1 Å². The molecule has 0 heterocycles. The summed E-state index contributed by atoms with van der Waals surface area (Å²) in [6, 6.07) is 0.382. The molecule has 1 fully saturated rings. The predicted molar refractivity (Wildman–Crippen MR) is 58.0 cm³/mol. The maximum absolute atomic E-state index is 11.6. The zero-order valence-electron chi connectivity index (χ0n) is 9.71. The first-order valence-electron chi connectivity index (χ1n) is 5.48. The first-order valence-corrected chi connectivity index (χ1v) is 5.48. The van der Waals surface area contributed by atoms with Gasteiger partial charge in [0, 0.05) is 19.6 Å². The fraction of sp³-hybridized carbons (Fsp3) is 0.909. The van der Waals surface area contributed by atoms with Crippen molar-refractivity contribution in [1.29, 1.82) is 0 Å². The standard InChI is InChI=1S/C11H22N2O/c1-8(2)12-6-11(14)13(4)7-10-5-9(10)3/h8-10,12H,5-7H2,1-4H3. The first-order chi connectivity index (χ1) is 6.50. The molecular formula is C11H22N2O. The van der Waals surface area contributed by atoms with E-state index in [1.54, 1.807) is 0 Å². The summed E-state index contributed by atoms with van der Waals surface area (Å²) in [5, 5.41) is 3.14. The van der Waals surface area contributed by atoms with E-state index in [9.17, 15) is 4.79 Å². The third-order valence-corrected chi connectivity index (χ3v) is 2.87. The minimum Gasteiger partial charge on any atom is -0.344 e. The van der Waals surface area contributed by atoms with Crippen LogP contribution < -0.4 is 5.32 Å². The highest BCUT2D eigenvalue weighted by atomic mass is 16.2. The number of rotatable bonds is 5. The van der Waals surface area contributed by atoms with Crippen molar-refractivity contribution in [2.24, 2.45) is 11.8 Å². The van der Waals surface area contributed by atoms with Gasteiger partial charge < -0.3 is 10.2 Å². The topological polar surface area (TPSA) is 32.3 Å². The molecule has 14 heavy (non-hydrogen) atoms. The second kappa shape index (κ2) is 4.78. The average Bonchev–Trinajstić information content (AvgIpc) is 2.77. The Morgan fingerprint density at radius 3 is 2.57 bits per heavy atom. The summed E-state index contributed by atoms with van der Waals surface area (Å²) in [4.78, 5) is 13.4. The van der Waals surface area contributed by atoms with E-state index in [-0.39, 0.29) is 5.91 Å². The van der Waals surface area contributed by atoms with Gasteiger partial charge >= 0.3 is 0 Å². The largest absolute Gasteiger partial charge is 0.344 e. The van der Waals surface area contributed by atoms with Crippen molar-refractivity contribution in [2.75, 3.05) is 20.1 Å². The van der Waals surface area contributed by atoms with E-state index in [1.807, 2.05) is 11.9 Å². The van der Waals surface area contributed by atoms with Crippen molar-refractivity contribution < 1.29 is 4.79 Å². The number of nitrogens with one attached hydrogen (secondary N) is 1. The van der Waals surface area contributed by atoms with Gasteiger partial charge in [-0.25, -0.2) is 0 Å². The van der Waals surface area contributed by atoms with Crippen LogP contribution in [-0.4, -0.2) is 37.0 Å². The number of likely N-dealkylation sites (N-methyl/N-ethyl adjacent to an activating group) is 1. The highest BCUT2D eigenvalue weighted by Crippen LogP contribution is 2.37. The maximum atomic E-state index is 11.6. The van der Waals surface area contributed by atoms with Crippen molar-refractivity contribution in [1.82, 2.24) is 10.2 Å². The Kier molecular flexibility index (Phi) is 3.93. The smallest absolute Gasteiger partial charge is 0.236 e. The van der Waals surface area contributed by atoms with Crippen LogP contribution in [0.2, 0.25) is 0 Å². The lowest BCUT2D eigenvalue weighted by atomic mass is 10.3. The van der Waals surface area contributed by atoms with Crippen molar-refractivity contribution in [2.45, 2.75) is 33.2 Å². The number of carbonyl (C=O) groups is 1. The van der Waals surface area contributed by atoms with Crippen molar-refractivity contribution in [3.63, 3.8) is 0 Å². The van der Waals surface area contributed by atoms with Gasteiger partial charge in [-0.2, -0.15) is 0 Å². The van der Waals surface area contributed by atoms with Crippen LogP contribution in [-0.2, 0) is 4.79 Å². The van der Waals surface area contributed by atoms with Gasteiger partial charge in [-0.1, -0.05) is 20.8 Å². The van der Waals surface area contributed by atoms with Crippen molar-refractivity contribution in [3.8, 4) is 0 Å². The van der Waals surface area contributed by atoms with E-state index in [0.29, 0.717) is 12.6 Å². The molecule has 2 atom stereocenters. The van der Waals surface area contributed by atoms with Gasteiger partial charge in [0.05, 0.1) is 6.54 Å². The monoisotopic (exact) mass is 198 g/mol. The van der Waals surface area contributed by atoms with Crippen LogP contribution in [0, 0.1) is 11.8 Å². The second-order valence-corrected chi connectivity index (χ2v) is 4.78. The van der Waals surface area contributed by atoms with E-state index >= 15 is 0 Å². The molecule has 1 rings (SSSR count). The van der Waals surface area contributed by atoms with E-state index in [4.69, 9.17) is 0 Å². The summed E-state index contributed by atoms with van der Waals surface area (Å²) >= 11 is 0. The molecule has 3 heteroatoms. The summed E-state index contributed by atoms with van der Waals surface area (Å²) in [6.07, 6.45) is 1.29. The molecule has 0 aromatic carbocycles. The lowest BCUT2D eigenvalue weighted by Crippen LogP contribution is -2.39. The van der Waals surface area contributed by atoms with Crippen LogP contribution in [0.4, 0.5) is 0 Å². The molecule has 1 aliphatic carbocycles. The summed E-state index contributed by atoms with van der Waals surface area (Å²) in [7, 11) is 1.90. The molecule has 1 saturated carbocycles. The van der Waals surface area contributed by atoms with Gasteiger partial charge in [-0.15, -0.1) is 0 Å². The highest BCUT2D eigenvalue weighted by molar-refractivity contribution is 5.78. The molecule has 0 aliphatic heterocycles. The van der Waals surface area contributed by atoms with E-state index in [1.165, 1.54) is 6.42 Å². The van der Waals surface area contributed by atoms with Crippen LogP contribution in [0.1, 0.15) is 27.2 Å². The van der Waals surface area contributed by atoms with Gasteiger partial charge in [0.2, 0.25) is 5.91 Å². The van der Waals surface area contributed by atoms with Crippen LogP contribution in [0.3, 0.4) is 0 Å². The summed E-state index contributed by atoms with van der Waals surface area (Å²) in [5.41, 5.74) is 0. The average molecular weight is 198 g/mol. The predicted octanol–water partition coefficient (Wildman–Crippen LogP) is 1.10. The van der Waals surface area contributed by atoms with Crippen LogP contribution in [0.15, 0.2) is 0 Å². The number of hydrogen-bond acceptors (Lipinski definition) is 2. The Balaban J connectivity index is 2.16. The molecule has 0 aromatic rings. The quantitative estimate of drug-likeness (QED) is 0.717. The maximum Gasteiger partial charge on any atom is 0.236 e. The molecule has 0 radical (unpaired) electrons. The third-order valence-electron chi connectivity index (χ3n) is 2.87. The number of carbonyl (C=O) groups excluding carboxylic acids is 1. The Labute approximate surface area is 86.9 Å². The van der Waals surface area contributed by atoms with Gasteiger partial charge in [0.1, 0.15) is 0 Å². The summed E-state index contributed by atoms with van der Waals surface area (Å²) in [5.74, 6) is 1.78. The van der Waals surface area contributed by atoms with E-state index < -0.39 is 0 Å². The SMILES string of the molecule is CC(C)NCC(=O)N(C)CC1CC1C. The molecule has 1 N–H and O–H groups in total.